The molecule has 0 aromatic rings. The van der Waals surface area contributed by atoms with Crippen LogP contribution in [0.4, 0.5) is 13.2 Å². The normalized spacial score (nSPS) is 14.5. The van der Waals surface area contributed by atoms with Crippen LogP contribution in [-0.4, -0.2) is 18.2 Å². The minimum Gasteiger partial charge on any atom is -0.333 e. The van der Waals surface area contributed by atoms with Gasteiger partial charge in [0.2, 0.25) is 5.91 Å². The van der Waals surface area contributed by atoms with E-state index in [0.717, 1.165) is 6.92 Å². The zero-order valence-corrected chi connectivity index (χ0v) is 5.20. The molecule has 0 aliphatic carbocycles. The van der Waals surface area contributed by atoms with E-state index in [1.807, 2.05) is 0 Å². The molecule has 0 aromatic carbocycles. The van der Waals surface area contributed by atoms with Gasteiger partial charge in [0, 0.05) is 6.92 Å². The van der Waals surface area contributed by atoms with Crippen LogP contribution in [0, 0.1) is 0 Å². The average Bonchev–Trinajstić information content (AvgIpc) is 1.60. The molecule has 0 aliphatic rings. The fourth-order valence-corrected chi connectivity index (χ4v) is 0.301. The molecule has 1 atom stereocenters. The number of carbonyl (C=O) groups excluding carboxylic acids is 1. The van der Waals surface area contributed by atoms with Crippen molar-refractivity contribution in [2.45, 2.75) is 19.3 Å². The quantitative estimate of drug-likeness (QED) is 0.524. The summed E-state index contributed by atoms with van der Waals surface area (Å²) in [7, 11) is 0. The van der Waals surface area contributed by atoms with Gasteiger partial charge in [-0.15, -0.1) is 0 Å². The fourth-order valence-electron chi connectivity index (χ4n) is 0.301. The van der Waals surface area contributed by atoms with E-state index in [1.165, 1.54) is 5.32 Å². The van der Waals surface area contributed by atoms with E-state index in [4.69, 9.17) is 0 Å². The van der Waals surface area contributed by atoms with Gasteiger partial charge in [0.15, 0.2) is 6.17 Å². The third-order valence-corrected chi connectivity index (χ3v) is 0.711. The van der Waals surface area contributed by atoms with Crippen molar-refractivity contribution < 1.29 is 18.0 Å². The third kappa shape index (κ3) is 3.29. The first-order chi connectivity index (χ1) is 4.34. The molecule has 1 amide bonds. The van der Waals surface area contributed by atoms with Crippen molar-refractivity contribution in [1.29, 1.82) is 0 Å². The van der Waals surface area contributed by atoms with Crippen LogP contribution in [0.25, 0.3) is 0 Å². The number of halogens is 3. The van der Waals surface area contributed by atoms with E-state index in [2.05, 4.69) is 5.73 Å². The standard InChI is InChI=1S/C4H7F3N2O/c1-2(10)9-3(8)4(5,6)7/h3H,8H2,1H3,(H,9,10). The Labute approximate surface area is 55.4 Å². The van der Waals surface area contributed by atoms with Crippen molar-refractivity contribution in [3.8, 4) is 0 Å². The summed E-state index contributed by atoms with van der Waals surface area (Å²) in [5.74, 6) is -0.801. The number of nitrogens with one attached hydrogen (secondary N) is 1. The van der Waals surface area contributed by atoms with Gasteiger partial charge in [-0.3, -0.25) is 4.79 Å². The van der Waals surface area contributed by atoms with E-state index in [0.29, 0.717) is 0 Å². The van der Waals surface area contributed by atoms with Crippen molar-refractivity contribution in [1.82, 2.24) is 5.32 Å². The maximum Gasteiger partial charge on any atom is 0.421 e. The monoisotopic (exact) mass is 156 g/mol. The number of rotatable bonds is 1. The number of amides is 1. The van der Waals surface area contributed by atoms with Crippen LogP contribution in [-0.2, 0) is 4.79 Å². The van der Waals surface area contributed by atoms with E-state index < -0.39 is 18.2 Å². The van der Waals surface area contributed by atoms with Crippen molar-refractivity contribution in [2.24, 2.45) is 5.73 Å². The van der Waals surface area contributed by atoms with E-state index in [-0.39, 0.29) is 0 Å². The van der Waals surface area contributed by atoms with Gasteiger partial charge in [0.25, 0.3) is 0 Å². The smallest absolute Gasteiger partial charge is 0.333 e. The molecule has 0 saturated heterocycles. The van der Waals surface area contributed by atoms with Gasteiger partial charge in [-0.25, -0.2) is 0 Å². The molecule has 3 nitrogen and oxygen atoms in total. The SMILES string of the molecule is CC(=O)NC(N)C(F)(F)F. The largest absolute Gasteiger partial charge is 0.421 e. The van der Waals surface area contributed by atoms with Gasteiger partial charge >= 0.3 is 6.18 Å². The van der Waals surface area contributed by atoms with Crippen molar-refractivity contribution in [3.63, 3.8) is 0 Å². The van der Waals surface area contributed by atoms with Gasteiger partial charge < -0.3 is 11.1 Å². The molecule has 0 aliphatic heterocycles. The van der Waals surface area contributed by atoms with Crippen LogP contribution < -0.4 is 11.1 Å². The molecule has 0 spiro atoms. The highest BCUT2D eigenvalue weighted by molar-refractivity contribution is 5.73. The summed E-state index contributed by atoms with van der Waals surface area (Å²) < 4.78 is 34.4. The zero-order chi connectivity index (χ0) is 8.36. The lowest BCUT2D eigenvalue weighted by atomic mass is 10.5. The number of hydrogen-bond donors (Lipinski definition) is 2. The maximum absolute atomic E-state index is 11.5. The van der Waals surface area contributed by atoms with E-state index in [1.54, 1.807) is 0 Å². The Kier molecular flexibility index (Phi) is 2.65. The van der Waals surface area contributed by atoms with Crippen LogP contribution in [0.1, 0.15) is 6.92 Å². The third-order valence-electron chi connectivity index (χ3n) is 0.711. The molecule has 1 unspecified atom stereocenters. The summed E-state index contributed by atoms with van der Waals surface area (Å²) in [5, 5.41) is 1.50. The Bertz CT molecular complexity index is 133. The summed E-state index contributed by atoms with van der Waals surface area (Å²) in [6.45, 7) is 0.964. The molecular formula is C4H7F3N2O. The zero-order valence-electron chi connectivity index (χ0n) is 5.20. The summed E-state index contributed by atoms with van der Waals surface area (Å²) in [6.07, 6.45) is -6.82. The summed E-state index contributed by atoms with van der Waals surface area (Å²) in [6, 6.07) is 0. The van der Waals surface area contributed by atoms with Crippen molar-refractivity contribution in [3.05, 3.63) is 0 Å². The minimum atomic E-state index is -4.56. The van der Waals surface area contributed by atoms with Crippen LogP contribution in [0.3, 0.4) is 0 Å². The summed E-state index contributed by atoms with van der Waals surface area (Å²) in [5.41, 5.74) is 4.49. The van der Waals surface area contributed by atoms with E-state index >= 15 is 0 Å². The molecule has 3 N–H and O–H groups in total. The van der Waals surface area contributed by atoms with Crippen LogP contribution in [0.2, 0.25) is 0 Å². The van der Waals surface area contributed by atoms with Crippen LogP contribution in [0.5, 0.6) is 0 Å². The molecule has 0 fully saturated rings. The summed E-state index contributed by atoms with van der Waals surface area (Å²) in [4.78, 5) is 10.0. The molecule has 0 aromatic heterocycles. The van der Waals surface area contributed by atoms with Crippen LogP contribution >= 0.6 is 0 Å². The van der Waals surface area contributed by atoms with Crippen molar-refractivity contribution >= 4 is 5.91 Å². The Balaban J connectivity index is 3.85. The molecule has 0 bridgehead atoms. The molecule has 0 radical (unpaired) electrons. The Morgan fingerprint density at radius 3 is 2.10 bits per heavy atom. The van der Waals surface area contributed by atoms with Gasteiger partial charge in [-0.05, 0) is 0 Å². The molecular weight excluding hydrogens is 149 g/mol. The minimum absolute atomic E-state index is 0.801. The highest BCUT2D eigenvalue weighted by Gasteiger charge is 2.37. The molecule has 0 saturated carbocycles. The molecule has 0 heterocycles. The van der Waals surface area contributed by atoms with Gasteiger partial charge in [0.1, 0.15) is 0 Å². The highest BCUT2D eigenvalue weighted by atomic mass is 19.4. The topological polar surface area (TPSA) is 55.1 Å². The molecule has 10 heavy (non-hydrogen) atoms. The number of nitrogens with two attached hydrogens (primary N) is 1. The number of alkyl halides is 3. The molecule has 6 heteroatoms. The lowest BCUT2D eigenvalue weighted by molar-refractivity contribution is -0.159. The predicted molar refractivity (Wildman–Crippen MR) is 27.8 cm³/mol. The van der Waals surface area contributed by atoms with Gasteiger partial charge in [-0.2, -0.15) is 13.2 Å². The fraction of sp³-hybridized carbons (Fsp3) is 0.750. The summed E-state index contributed by atoms with van der Waals surface area (Å²) >= 11 is 0. The molecule has 60 valence electrons. The lowest BCUT2D eigenvalue weighted by Gasteiger charge is -2.15. The van der Waals surface area contributed by atoms with E-state index in [9.17, 15) is 18.0 Å². The van der Waals surface area contributed by atoms with Gasteiger partial charge in [0.05, 0.1) is 0 Å². The Morgan fingerprint density at radius 1 is 1.60 bits per heavy atom. The lowest BCUT2D eigenvalue weighted by Crippen LogP contribution is -2.50. The Hall–Kier alpha value is -0.780. The predicted octanol–water partition coefficient (Wildman–Crippen LogP) is -0.0304. The van der Waals surface area contributed by atoms with Crippen LogP contribution in [0.15, 0.2) is 0 Å². The number of carbonyl (C=O) groups is 1. The number of hydrogen-bond acceptors (Lipinski definition) is 2. The second-order valence-corrected chi connectivity index (χ2v) is 1.72. The average molecular weight is 156 g/mol. The molecule has 0 rings (SSSR count). The second kappa shape index (κ2) is 2.87. The first kappa shape index (κ1) is 9.22. The highest BCUT2D eigenvalue weighted by Crippen LogP contribution is 2.16. The van der Waals surface area contributed by atoms with Crippen molar-refractivity contribution in [2.75, 3.05) is 0 Å². The Morgan fingerprint density at radius 2 is 2.00 bits per heavy atom. The second-order valence-electron chi connectivity index (χ2n) is 1.72. The first-order valence-electron chi connectivity index (χ1n) is 2.43. The first-order valence-corrected chi connectivity index (χ1v) is 2.43. The van der Waals surface area contributed by atoms with Gasteiger partial charge in [-0.1, -0.05) is 0 Å². The maximum atomic E-state index is 11.5.